The zero-order valence-corrected chi connectivity index (χ0v) is 14.1. The molecule has 0 spiro atoms. The van der Waals surface area contributed by atoms with E-state index in [4.69, 9.17) is 5.73 Å². The molecule has 0 saturated heterocycles. The highest BCUT2D eigenvalue weighted by molar-refractivity contribution is 7.09. The molecular formula is C13H23Cl2N3OS. The Labute approximate surface area is 136 Å². The zero-order chi connectivity index (χ0) is 13.0. The van der Waals surface area contributed by atoms with E-state index in [0.717, 1.165) is 42.8 Å². The molecule has 1 amide bonds. The quantitative estimate of drug-likeness (QED) is 0.866. The summed E-state index contributed by atoms with van der Waals surface area (Å²) in [7, 11) is 0. The lowest BCUT2D eigenvalue weighted by molar-refractivity contribution is -0.123. The van der Waals surface area contributed by atoms with Crippen LogP contribution in [0, 0.1) is 6.92 Å². The first kappa shape index (κ1) is 19.6. The van der Waals surface area contributed by atoms with Gasteiger partial charge >= 0.3 is 0 Å². The number of thiazole rings is 1. The number of rotatable bonds is 5. The Balaban J connectivity index is 0.00000180. The molecule has 0 bridgehead atoms. The third-order valence-corrected chi connectivity index (χ3v) is 4.64. The van der Waals surface area contributed by atoms with Crippen LogP contribution in [-0.4, -0.2) is 17.4 Å². The van der Waals surface area contributed by atoms with Crippen LogP contribution in [0.2, 0.25) is 0 Å². The van der Waals surface area contributed by atoms with Crippen LogP contribution in [-0.2, 0) is 10.3 Å². The maximum Gasteiger partial charge on any atom is 0.220 e. The summed E-state index contributed by atoms with van der Waals surface area (Å²) in [5, 5.41) is 6.34. The SMILES string of the molecule is Cc1csc(C2(NC(=O)CCCN)CCCC2)n1.Cl.Cl. The van der Waals surface area contributed by atoms with Gasteiger partial charge in [-0.2, -0.15) is 0 Å². The van der Waals surface area contributed by atoms with Crippen LogP contribution in [0.3, 0.4) is 0 Å². The van der Waals surface area contributed by atoms with Crippen molar-refractivity contribution in [1.29, 1.82) is 0 Å². The van der Waals surface area contributed by atoms with Crippen molar-refractivity contribution in [3.63, 3.8) is 0 Å². The molecule has 0 atom stereocenters. The van der Waals surface area contributed by atoms with Crippen LogP contribution in [0.5, 0.6) is 0 Å². The van der Waals surface area contributed by atoms with E-state index >= 15 is 0 Å². The highest BCUT2D eigenvalue weighted by Crippen LogP contribution is 2.40. The molecule has 2 rings (SSSR count). The van der Waals surface area contributed by atoms with E-state index in [-0.39, 0.29) is 36.3 Å². The average molecular weight is 340 g/mol. The van der Waals surface area contributed by atoms with Gasteiger partial charge in [0.1, 0.15) is 5.01 Å². The number of aromatic nitrogens is 1. The van der Waals surface area contributed by atoms with Gasteiger partial charge in [-0.3, -0.25) is 4.79 Å². The maximum absolute atomic E-state index is 12.0. The first-order valence-corrected chi connectivity index (χ1v) is 7.48. The van der Waals surface area contributed by atoms with Gasteiger partial charge in [0.2, 0.25) is 5.91 Å². The molecule has 1 aromatic heterocycles. The first-order valence-electron chi connectivity index (χ1n) is 6.60. The van der Waals surface area contributed by atoms with Crippen LogP contribution in [0.25, 0.3) is 0 Å². The van der Waals surface area contributed by atoms with Gasteiger partial charge in [0.25, 0.3) is 0 Å². The van der Waals surface area contributed by atoms with Crippen LogP contribution < -0.4 is 11.1 Å². The molecule has 116 valence electrons. The number of hydrogen-bond donors (Lipinski definition) is 2. The number of nitrogens with zero attached hydrogens (tertiary/aromatic N) is 1. The smallest absolute Gasteiger partial charge is 0.220 e. The van der Waals surface area contributed by atoms with Crippen molar-refractivity contribution in [2.45, 2.75) is 51.0 Å². The number of aryl methyl sites for hydroxylation is 1. The highest BCUT2D eigenvalue weighted by atomic mass is 35.5. The number of nitrogens with one attached hydrogen (secondary N) is 1. The van der Waals surface area contributed by atoms with Crippen molar-refractivity contribution >= 4 is 42.1 Å². The summed E-state index contributed by atoms with van der Waals surface area (Å²) in [5.74, 6) is 0.107. The molecule has 1 heterocycles. The summed E-state index contributed by atoms with van der Waals surface area (Å²) in [4.78, 5) is 16.5. The lowest BCUT2D eigenvalue weighted by Crippen LogP contribution is -2.43. The molecule has 4 nitrogen and oxygen atoms in total. The summed E-state index contributed by atoms with van der Waals surface area (Å²) >= 11 is 1.66. The monoisotopic (exact) mass is 339 g/mol. The molecule has 20 heavy (non-hydrogen) atoms. The summed E-state index contributed by atoms with van der Waals surface area (Å²) in [6.45, 7) is 2.57. The summed E-state index contributed by atoms with van der Waals surface area (Å²) < 4.78 is 0. The lowest BCUT2D eigenvalue weighted by Gasteiger charge is -2.28. The molecule has 1 aliphatic carbocycles. The number of nitrogens with two attached hydrogens (primary N) is 1. The molecule has 7 heteroatoms. The molecule has 0 aromatic carbocycles. The predicted molar refractivity (Wildman–Crippen MR) is 87.9 cm³/mol. The minimum atomic E-state index is -0.204. The van der Waals surface area contributed by atoms with Gasteiger partial charge in [-0.25, -0.2) is 4.98 Å². The van der Waals surface area contributed by atoms with Gasteiger partial charge in [0.05, 0.1) is 5.54 Å². The van der Waals surface area contributed by atoms with Crippen molar-refractivity contribution in [3.8, 4) is 0 Å². The fraction of sp³-hybridized carbons (Fsp3) is 0.692. The van der Waals surface area contributed by atoms with E-state index in [1.54, 1.807) is 11.3 Å². The Hall–Kier alpha value is -0.360. The van der Waals surface area contributed by atoms with Crippen molar-refractivity contribution in [2.75, 3.05) is 6.54 Å². The zero-order valence-electron chi connectivity index (χ0n) is 11.7. The first-order chi connectivity index (χ1) is 8.66. The van der Waals surface area contributed by atoms with E-state index in [0.29, 0.717) is 13.0 Å². The molecule has 0 aliphatic heterocycles. The van der Waals surface area contributed by atoms with Crippen LogP contribution >= 0.6 is 36.2 Å². The average Bonchev–Trinajstić information content (AvgIpc) is 2.96. The van der Waals surface area contributed by atoms with Crippen molar-refractivity contribution in [2.24, 2.45) is 5.73 Å². The second kappa shape index (κ2) is 8.82. The Kier molecular flexibility index (Phi) is 8.66. The van der Waals surface area contributed by atoms with Gasteiger partial charge in [-0.15, -0.1) is 36.2 Å². The summed E-state index contributed by atoms with van der Waals surface area (Å²) in [6.07, 6.45) is 5.61. The van der Waals surface area contributed by atoms with Gasteiger partial charge < -0.3 is 11.1 Å². The van der Waals surface area contributed by atoms with E-state index < -0.39 is 0 Å². The second-order valence-electron chi connectivity index (χ2n) is 5.02. The van der Waals surface area contributed by atoms with Crippen LogP contribution in [0.1, 0.15) is 49.2 Å². The standard InChI is InChI=1S/C13H21N3OS.2ClH/c1-10-9-18-12(15-10)13(6-2-3-7-13)16-11(17)5-4-8-14;;/h9H,2-8,14H2,1H3,(H,16,17);2*1H. The number of amides is 1. The maximum atomic E-state index is 12.0. The van der Waals surface area contributed by atoms with Crippen LogP contribution in [0.4, 0.5) is 0 Å². The third-order valence-electron chi connectivity index (χ3n) is 3.47. The van der Waals surface area contributed by atoms with Crippen molar-refractivity contribution in [3.05, 3.63) is 16.1 Å². The number of carbonyl (C=O) groups excluding carboxylic acids is 1. The van der Waals surface area contributed by atoms with Gasteiger partial charge in [0.15, 0.2) is 0 Å². The Morgan fingerprint density at radius 3 is 2.60 bits per heavy atom. The third kappa shape index (κ3) is 4.58. The Bertz CT molecular complexity index is 420. The van der Waals surface area contributed by atoms with E-state index in [2.05, 4.69) is 15.7 Å². The van der Waals surface area contributed by atoms with Crippen LogP contribution in [0.15, 0.2) is 5.38 Å². The highest BCUT2D eigenvalue weighted by Gasteiger charge is 2.39. The normalized spacial score (nSPS) is 16.1. The number of halogens is 2. The summed E-state index contributed by atoms with van der Waals surface area (Å²) in [5.41, 5.74) is 6.28. The minimum Gasteiger partial charge on any atom is -0.344 e. The molecule has 1 aliphatic rings. The van der Waals surface area contributed by atoms with E-state index in [1.807, 2.05) is 6.92 Å². The van der Waals surface area contributed by atoms with Gasteiger partial charge in [0, 0.05) is 17.5 Å². The van der Waals surface area contributed by atoms with E-state index in [9.17, 15) is 4.79 Å². The molecule has 1 fully saturated rings. The molecule has 3 N–H and O–H groups in total. The molecular weight excluding hydrogens is 317 g/mol. The fourth-order valence-electron chi connectivity index (χ4n) is 2.54. The largest absolute Gasteiger partial charge is 0.344 e. The van der Waals surface area contributed by atoms with E-state index in [1.165, 1.54) is 0 Å². The second-order valence-corrected chi connectivity index (χ2v) is 5.88. The van der Waals surface area contributed by atoms with Crippen molar-refractivity contribution < 1.29 is 4.79 Å². The molecule has 1 aromatic rings. The van der Waals surface area contributed by atoms with Crippen molar-refractivity contribution in [1.82, 2.24) is 10.3 Å². The Morgan fingerprint density at radius 2 is 2.10 bits per heavy atom. The minimum absolute atomic E-state index is 0. The topological polar surface area (TPSA) is 68.0 Å². The molecule has 1 saturated carbocycles. The lowest BCUT2D eigenvalue weighted by atomic mass is 9.98. The summed E-state index contributed by atoms with van der Waals surface area (Å²) in [6, 6.07) is 0. The van der Waals surface area contributed by atoms with Gasteiger partial charge in [-0.1, -0.05) is 12.8 Å². The predicted octanol–water partition coefficient (Wildman–Crippen LogP) is 2.92. The number of carbonyl (C=O) groups is 1. The Morgan fingerprint density at radius 1 is 1.45 bits per heavy atom. The van der Waals surface area contributed by atoms with Gasteiger partial charge in [-0.05, 0) is 32.7 Å². The molecule has 0 unspecified atom stereocenters. The number of hydrogen-bond acceptors (Lipinski definition) is 4. The molecule has 0 radical (unpaired) electrons. The fourth-order valence-corrected chi connectivity index (χ4v) is 3.55.